The van der Waals surface area contributed by atoms with Gasteiger partial charge in [-0.3, -0.25) is 0 Å². The Kier molecular flexibility index (Phi) is 9.95. The minimum Gasteiger partial charge on any atom is -0.360 e. The third kappa shape index (κ3) is 7.75. The molecule has 0 aliphatic rings. The van der Waals surface area contributed by atoms with Gasteiger partial charge in [0, 0.05) is 21.8 Å². The first kappa shape index (κ1) is 31.6. The van der Waals surface area contributed by atoms with Crippen LogP contribution in [0.4, 0.5) is 0 Å². The molecule has 0 saturated heterocycles. The zero-order chi connectivity index (χ0) is 29.8. The van der Waals surface area contributed by atoms with Crippen LogP contribution in [0.3, 0.4) is 0 Å². The SMILES string of the molecule is CCC(c1ccccc1)c1ncnc2c1cc(-c1ccc(COS(C)(C)C(C)(C)C)cc1)n2COCCS(C)(C)C. The van der Waals surface area contributed by atoms with Crippen molar-refractivity contribution in [2.45, 2.75) is 58.1 Å². The van der Waals surface area contributed by atoms with E-state index < -0.39 is 20.3 Å². The van der Waals surface area contributed by atoms with Crippen LogP contribution in [-0.4, -0.2) is 62.9 Å². The Morgan fingerprint density at radius 3 is 2.20 bits per heavy atom. The van der Waals surface area contributed by atoms with Crippen LogP contribution < -0.4 is 0 Å². The van der Waals surface area contributed by atoms with Crippen molar-refractivity contribution in [3.8, 4) is 11.3 Å². The van der Waals surface area contributed by atoms with E-state index in [-0.39, 0.29) is 10.7 Å². The number of fused-ring (bicyclic) bond motifs is 1. The second-order valence-corrected chi connectivity index (χ2v) is 21.5. The van der Waals surface area contributed by atoms with Crippen LogP contribution in [0.2, 0.25) is 0 Å². The lowest BCUT2D eigenvalue weighted by Crippen LogP contribution is -2.24. The number of ether oxygens (including phenoxy) is 1. The molecule has 0 bridgehead atoms. The maximum Gasteiger partial charge on any atom is 0.145 e. The van der Waals surface area contributed by atoms with Gasteiger partial charge in [-0.1, -0.05) is 82.3 Å². The number of nitrogens with zero attached hydrogens (tertiary/aromatic N) is 3. The van der Waals surface area contributed by atoms with E-state index >= 15 is 0 Å². The van der Waals surface area contributed by atoms with Crippen molar-refractivity contribution in [2.24, 2.45) is 0 Å². The lowest BCUT2D eigenvalue weighted by molar-refractivity contribution is 0.0934. The fraction of sp³-hybridized carbons (Fsp3) is 0.471. The first-order chi connectivity index (χ1) is 19.3. The average molecular weight is 596 g/mol. The van der Waals surface area contributed by atoms with Gasteiger partial charge in [-0.25, -0.2) is 20.0 Å². The van der Waals surface area contributed by atoms with Gasteiger partial charge in [0.1, 0.15) is 18.7 Å². The largest absolute Gasteiger partial charge is 0.360 e. The second kappa shape index (κ2) is 12.9. The minimum absolute atomic E-state index is 0.136. The molecule has 1 unspecified atom stereocenters. The Labute approximate surface area is 250 Å². The van der Waals surface area contributed by atoms with Crippen molar-refractivity contribution in [1.29, 1.82) is 0 Å². The topological polar surface area (TPSA) is 49.2 Å². The van der Waals surface area contributed by atoms with Crippen LogP contribution in [0.15, 0.2) is 67.0 Å². The summed E-state index contributed by atoms with van der Waals surface area (Å²) in [6, 6.07) is 21.7. The lowest BCUT2D eigenvalue weighted by Gasteiger charge is -2.43. The van der Waals surface area contributed by atoms with Crippen LogP contribution in [0.25, 0.3) is 22.3 Å². The van der Waals surface area contributed by atoms with Gasteiger partial charge in [0.2, 0.25) is 0 Å². The highest BCUT2D eigenvalue weighted by molar-refractivity contribution is 8.32. The normalized spacial score (nSPS) is 14.4. The number of rotatable bonds is 12. The summed E-state index contributed by atoms with van der Waals surface area (Å²) in [4.78, 5) is 9.62. The van der Waals surface area contributed by atoms with Crippen molar-refractivity contribution < 1.29 is 8.92 Å². The van der Waals surface area contributed by atoms with Gasteiger partial charge in [0.15, 0.2) is 0 Å². The number of aromatic nitrogens is 3. The van der Waals surface area contributed by atoms with Gasteiger partial charge in [-0.2, -0.15) is 0 Å². The van der Waals surface area contributed by atoms with Gasteiger partial charge in [0.05, 0.1) is 24.6 Å². The van der Waals surface area contributed by atoms with Crippen LogP contribution in [-0.2, 0) is 22.3 Å². The molecule has 0 spiro atoms. The summed E-state index contributed by atoms with van der Waals surface area (Å²) in [6.07, 6.45) is 14.2. The highest BCUT2D eigenvalue weighted by Gasteiger charge is 2.28. The van der Waals surface area contributed by atoms with E-state index in [2.05, 4.69) is 124 Å². The molecule has 41 heavy (non-hydrogen) atoms. The quantitative estimate of drug-likeness (QED) is 0.154. The number of benzene rings is 2. The summed E-state index contributed by atoms with van der Waals surface area (Å²) in [7, 11) is -1.80. The molecule has 2 aromatic carbocycles. The zero-order valence-electron chi connectivity index (χ0n) is 26.4. The third-order valence-corrected chi connectivity index (χ3v) is 13.0. The molecule has 0 amide bonds. The fourth-order valence-corrected chi connectivity index (χ4v) is 6.03. The fourth-order valence-electron chi connectivity index (χ4n) is 4.63. The summed E-state index contributed by atoms with van der Waals surface area (Å²) in [5.74, 6) is 1.28. The van der Waals surface area contributed by atoms with Crippen LogP contribution in [0.1, 0.15) is 56.9 Å². The Balaban J connectivity index is 1.70. The van der Waals surface area contributed by atoms with E-state index in [9.17, 15) is 0 Å². The molecule has 2 heterocycles. The molecule has 0 radical (unpaired) electrons. The van der Waals surface area contributed by atoms with E-state index in [1.807, 2.05) is 0 Å². The summed E-state index contributed by atoms with van der Waals surface area (Å²) in [6.45, 7) is 10.8. The monoisotopic (exact) mass is 595 g/mol. The van der Waals surface area contributed by atoms with Crippen molar-refractivity contribution in [3.63, 3.8) is 0 Å². The first-order valence-electron chi connectivity index (χ1n) is 14.4. The molecular weight excluding hydrogens is 547 g/mol. The first-order valence-corrected chi connectivity index (χ1v) is 19.8. The molecule has 0 saturated carbocycles. The average Bonchev–Trinajstić information content (AvgIpc) is 3.29. The molecule has 0 N–H and O–H groups in total. The van der Waals surface area contributed by atoms with E-state index in [4.69, 9.17) is 18.9 Å². The number of hydrogen-bond acceptors (Lipinski definition) is 4. The van der Waals surface area contributed by atoms with E-state index in [1.54, 1.807) is 6.33 Å². The van der Waals surface area contributed by atoms with Gasteiger partial charge in [-0.05, 0) is 60.5 Å². The highest BCUT2D eigenvalue weighted by Crippen LogP contribution is 2.54. The maximum absolute atomic E-state index is 6.43. The van der Waals surface area contributed by atoms with Crippen LogP contribution in [0, 0.1) is 0 Å². The Hall–Kier alpha value is -2.32. The standard InChI is InChI=1S/C34H49N3O2S2/c1-10-29(27-14-12-11-13-15-27)32-30-22-31(37(33(30)36-24-35-32)25-38-20-21-40(5,6)7)28-18-16-26(17-19-28)23-39-41(8,9)34(2,3)4/h11-19,22,24,29H,10,20-21,23,25H2,1-9H3. The summed E-state index contributed by atoms with van der Waals surface area (Å²) < 4.78 is 15.1. The predicted molar refractivity (Wildman–Crippen MR) is 182 cm³/mol. The van der Waals surface area contributed by atoms with Crippen LogP contribution in [0.5, 0.6) is 0 Å². The molecule has 5 nitrogen and oxygen atoms in total. The molecule has 2 aromatic heterocycles. The van der Waals surface area contributed by atoms with Crippen molar-refractivity contribution in [2.75, 3.05) is 43.6 Å². The highest BCUT2D eigenvalue weighted by atomic mass is 32.3. The Morgan fingerprint density at radius 1 is 0.902 bits per heavy atom. The summed E-state index contributed by atoms with van der Waals surface area (Å²) >= 11 is 0. The van der Waals surface area contributed by atoms with E-state index in [1.165, 1.54) is 11.1 Å². The lowest BCUT2D eigenvalue weighted by atomic mass is 9.91. The molecular formula is C34H49N3O2S2. The summed E-state index contributed by atoms with van der Waals surface area (Å²) in [5, 5.41) is 1.09. The zero-order valence-corrected chi connectivity index (χ0v) is 28.1. The van der Waals surface area contributed by atoms with Gasteiger partial charge >= 0.3 is 0 Å². The molecule has 4 aromatic rings. The molecule has 7 heteroatoms. The van der Waals surface area contributed by atoms with Crippen LogP contribution >= 0.6 is 20.3 Å². The van der Waals surface area contributed by atoms with Crippen molar-refractivity contribution in [3.05, 3.63) is 83.8 Å². The van der Waals surface area contributed by atoms with Gasteiger partial charge in [-0.15, -0.1) is 10.3 Å². The molecule has 224 valence electrons. The van der Waals surface area contributed by atoms with E-state index in [0.29, 0.717) is 13.3 Å². The molecule has 1 atom stereocenters. The Bertz CT molecular complexity index is 1420. The molecule has 0 fully saturated rings. The summed E-state index contributed by atoms with van der Waals surface area (Å²) in [5.41, 5.74) is 6.68. The minimum atomic E-state index is -1.18. The molecule has 0 aliphatic heterocycles. The van der Waals surface area contributed by atoms with E-state index in [0.717, 1.165) is 46.8 Å². The third-order valence-electron chi connectivity index (χ3n) is 7.97. The van der Waals surface area contributed by atoms with Gasteiger partial charge in [0.25, 0.3) is 0 Å². The smallest absolute Gasteiger partial charge is 0.145 e. The maximum atomic E-state index is 6.43. The second-order valence-electron chi connectivity index (χ2n) is 13.0. The van der Waals surface area contributed by atoms with Crippen molar-refractivity contribution in [1.82, 2.24) is 14.5 Å². The predicted octanol–water partition coefficient (Wildman–Crippen LogP) is 8.60. The molecule has 0 aliphatic carbocycles. The van der Waals surface area contributed by atoms with Gasteiger partial charge < -0.3 is 13.5 Å². The Morgan fingerprint density at radius 2 is 1.59 bits per heavy atom. The number of hydrogen-bond donors (Lipinski definition) is 0. The van der Waals surface area contributed by atoms with Crippen molar-refractivity contribution >= 4 is 31.4 Å². The molecule has 4 rings (SSSR count).